The van der Waals surface area contributed by atoms with Gasteiger partial charge in [0.05, 0.1) is 56.2 Å². The number of thiazole rings is 1. The van der Waals surface area contributed by atoms with Crippen LogP contribution in [0.2, 0.25) is 0 Å². The smallest absolute Gasteiger partial charge is 0.243 e. The van der Waals surface area contributed by atoms with Gasteiger partial charge in [0.25, 0.3) is 0 Å². The van der Waals surface area contributed by atoms with E-state index < -0.39 is 10.0 Å². The summed E-state index contributed by atoms with van der Waals surface area (Å²) in [5, 5.41) is 6.56. The van der Waals surface area contributed by atoms with Gasteiger partial charge in [0, 0.05) is 24.0 Å². The van der Waals surface area contributed by atoms with Gasteiger partial charge in [-0.1, -0.05) is 0 Å². The molecule has 4 aromatic rings. The van der Waals surface area contributed by atoms with Crippen LogP contribution >= 0.6 is 11.3 Å². The summed E-state index contributed by atoms with van der Waals surface area (Å²) >= 11 is 1.38. The van der Waals surface area contributed by atoms with E-state index >= 15 is 0 Å². The van der Waals surface area contributed by atoms with Gasteiger partial charge in [0.1, 0.15) is 17.3 Å². The molecule has 1 aliphatic rings. The molecule has 2 aromatic carbocycles. The number of sulfonamides is 1. The molecular formula is C26H26N4O6S2. The minimum atomic E-state index is -3.59. The fourth-order valence-electron chi connectivity index (χ4n) is 3.91. The Balaban J connectivity index is 1.55. The third kappa shape index (κ3) is 5.43. The van der Waals surface area contributed by atoms with E-state index in [1.807, 2.05) is 23.6 Å². The van der Waals surface area contributed by atoms with Crippen LogP contribution < -0.4 is 14.3 Å². The zero-order valence-electron chi connectivity index (χ0n) is 20.8. The van der Waals surface area contributed by atoms with E-state index in [1.54, 1.807) is 67.8 Å². The molecule has 1 saturated heterocycles. The van der Waals surface area contributed by atoms with Crippen molar-refractivity contribution >= 4 is 33.3 Å². The van der Waals surface area contributed by atoms with E-state index in [0.717, 1.165) is 11.3 Å². The van der Waals surface area contributed by atoms with Gasteiger partial charge in [-0.2, -0.15) is 9.41 Å². The molecule has 5 rings (SSSR count). The topological polar surface area (TPSA) is 108 Å². The van der Waals surface area contributed by atoms with Crippen molar-refractivity contribution in [3.05, 3.63) is 76.8 Å². The monoisotopic (exact) mass is 554 g/mol. The lowest BCUT2D eigenvalue weighted by Gasteiger charge is -2.26. The molecule has 1 aliphatic heterocycles. The molecule has 2 aromatic heterocycles. The molecule has 0 amide bonds. The highest BCUT2D eigenvalue weighted by atomic mass is 32.2. The first-order chi connectivity index (χ1) is 18.5. The van der Waals surface area contributed by atoms with Gasteiger partial charge in [0.15, 0.2) is 0 Å². The Morgan fingerprint density at radius 3 is 2.50 bits per heavy atom. The molecule has 0 unspecified atom stereocenters. The normalized spacial score (nSPS) is 15.3. The Kier molecular flexibility index (Phi) is 7.74. The number of hydrogen-bond donors (Lipinski definition) is 0. The van der Waals surface area contributed by atoms with Gasteiger partial charge in [0.2, 0.25) is 14.8 Å². The number of ether oxygens (including phenoxy) is 3. The number of furan rings is 1. The maximum atomic E-state index is 13.0. The summed E-state index contributed by atoms with van der Waals surface area (Å²) in [6, 6.07) is 15.6. The van der Waals surface area contributed by atoms with E-state index in [2.05, 4.69) is 5.10 Å². The third-order valence-electron chi connectivity index (χ3n) is 5.88. The lowest BCUT2D eigenvalue weighted by atomic mass is 10.1. The van der Waals surface area contributed by atoms with Crippen molar-refractivity contribution in [1.82, 2.24) is 8.98 Å². The van der Waals surface area contributed by atoms with Crippen molar-refractivity contribution in [1.29, 1.82) is 0 Å². The van der Waals surface area contributed by atoms with Crippen LogP contribution in [0.5, 0.6) is 11.5 Å². The molecule has 198 valence electrons. The van der Waals surface area contributed by atoms with Crippen LogP contribution in [-0.4, -0.2) is 64.1 Å². The van der Waals surface area contributed by atoms with E-state index in [1.165, 1.54) is 15.6 Å². The first-order valence-corrected chi connectivity index (χ1v) is 14.0. The molecule has 0 radical (unpaired) electrons. The highest BCUT2D eigenvalue weighted by Gasteiger charge is 2.26. The van der Waals surface area contributed by atoms with Crippen molar-refractivity contribution in [2.75, 3.05) is 40.5 Å². The Bertz CT molecular complexity index is 1580. The molecule has 0 spiro atoms. The fraction of sp³-hybridized carbons (Fsp3) is 0.231. The van der Waals surface area contributed by atoms with E-state index in [-0.39, 0.29) is 4.90 Å². The standard InChI is InChI=1S/C26H26N4O6S2/c1-33-20-7-10-25(34-2)23(16-20)24-18-37-26(30(24)27-17-21-4-3-13-36-21)28-19-5-8-22(9-6-19)38(31,32)29-11-14-35-15-12-29/h3-10,13,16-18H,11-12,14-15H2,1-2H3. The summed E-state index contributed by atoms with van der Waals surface area (Å²) in [7, 11) is -0.384. The van der Waals surface area contributed by atoms with Crippen LogP contribution in [0.25, 0.3) is 11.3 Å². The second-order valence-corrected chi connectivity index (χ2v) is 10.9. The number of nitrogens with zero attached hydrogens (tertiary/aromatic N) is 4. The summed E-state index contributed by atoms with van der Waals surface area (Å²) in [5.74, 6) is 1.90. The van der Waals surface area contributed by atoms with Crippen molar-refractivity contribution in [2.45, 2.75) is 4.90 Å². The minimum absolute atomic E-state index is 0.218. The largest absolute Gasteiger partial charge is 0.497 e. The fourth-order valence-corrected chi connectivity index (χ4v) is 6.16. The van der Waals surface area contributed by atoms with Gasteiger partial charge >= 0.3 is 0 Å². The number of hydrogen-bond acceptors (Lipinski definition) is 9. The number of benzene rings is 2. The van der Waals surface area contributed by atoms with Gasteiger partial charge in [-0.15, -0.1) is 11.3 Å². The Hall–Kier alpha value is -3.71. The van der Waals surface area contributed by atoms with Crippen LogP contribution in [0.4, 0.5) is 5.69 Å². The summed E-state index contributed by atoms with van der Waals surface area (Å²) < 4.78 is 50.8. The highest BCUT2D eigenvalue weighted by Crippen LogP contribution is 2.34. The first-order valence-electron chi connectivity index (χ1n) is 11.7. The van der Waals surface area contributed by atoms with Gasteiger partial charge in [-0.3, -0.25) is 0 Å². The molecule has 0 bridgehead atoms. The first kappa shape index (κ1) is 25.9. The van der Waals surface area contributed by atoms with Crippen LogP contribution in [0, 0.1) is 0 Å². The Morgan fingerprint density at radius 2 is 1.82 bits per heavy atom. The number of methoxy groups -OCH3 is 2. The van der Waals surface area contributed by atoms with Gasteiger partial charge in [-0.25, -0.2) is 18.1 Å². The predicted octanol–water partition coefficient (Wildman–Crippen LogP) is 3.96. The Morgan fingerprint density at radius 1 is 1.03 bits per heavy atom. The zero-order chi connectivity index (χ0) is 26.5. The summed E-state index contributed by atoms with van der Waals surface area (Å²) in [5.41, 5.74) is 2.09. The van der Waals surface area contributed by atoms with Crippen LogP contribution in [0.3, 0.4) is 0 Å². The summed E-state index contributed by atoms with van der Waals surface area (Å²) in [6.45, 7) is 1.47. The second kappa shape index (κ2) is 11.4. The van der Waals surface area contributed by atoms with Gasteiger partial charge < -0.3 is 18.6 Å². The zero-order valence-corrected chi connectivity index (χ0v) is 22.4. The Labute approximate surface area is 224 Å². The summed E-state index contributed by atoms with van der Waals surface area (Å²) in [6.07, 6.45) is 3.17. The quantitative estimate of drug-likeness (QED) is 0.305. The van der Waals surface area contributed by atoms with Crippen LogP contribution in [-0.2, 0) is 14.8 Å². The number of morpholine rings is 1. The maximum absolute atomic E-state index is 13.0. The average molecular weight is 555 g/mol. The van der Waals surface area contributed by atoms with Crippen molar-refractivity contribution in [2.24, 2.45) is 10.1 Å². The SMILES string of the molecule is COc1ccc(OC)c(-c2csc(=Nc3ccc(S(=O)(=O)N4CCOCC4)cc3)n2N=Cc2ccco2)c1. The van der Waals surface area contributed by atoms with E-state index in [0.29, 0.717) is 54.1 Å². The lowest BCUT2D eigenvalue weighted by molar-refractivity contribution is 0.0730. The molecule has 12 heteroatoms. The van der Waals surface area contributed by atoms with Crippen LogP contribution in [0.15, 0.2) is 85.6 Å². The predicted molar refractivity (Wildman–Crippen MR) is 144 cm³/mol. The third-order valence-corrected chi connectivity index (χ3v) is 8.61. The molecule has 3 heterocycles. The van der Waals surface area contributed by atoms with Crippen molar-refractivity contribution in [3.63, 3.8) is 0 Å². The molecule has 38 heavy (non-hydrogen) atoms. The molecule has 10 nitrogen and oxygen atoms in total. The molecular weight excluding hydrogens is 528 g/mol. The molecule has 0 N–H and O–H groups in total. The van der Waals surface area contributed by atoms with E-state index in [4.69, 9.17) is 23.6 Å². The maximum Gasteiger partial charge on any atom is 0.243 e. The van der Waals surface area contributed by atoms with E-state index in [9.17, 15) is 8.42 Å². The molecule has 0 aliphatic carbocycles. The van der Waals surface area contributed by atoms with Crippen molar-refractivity contribution in [3.8, 4) is 22.8 Å². The minimum Gasteiger partial charge on any atom is -0.497 e. The number of rotatable bonds is 8. The summed E-state index contributed by atoms with van der Waals surface area (Å²) in [4.78, 5) is 5.54. The molecule has 0 saturated carbocycles. The van der Waals surface area contributed by atoms with Gasteiger partial charge in [-0.05, 0) is 54.6 Å². The number of aromatic nitrogens is 1. The average Bonchev–Trinajstić information content (AvgIpc) is 3.62. The lowest BCUT2D eigenvalue weighted by Crippen LogP contribution is -2.40. The van der Waals surface area contributed by atoms with Crippen LogP contribution in [0.1, 0.15) is 5.76 Å². The van der Waals surface area contributed by atoms with Crippen molar-refractivity contribution < 1.29 is 27.0 Å². The second-order valence-electron chi connectivity index (χ2n) is 8.16. The molecule has 1 fully saturated rings. The molecule has 0 atom stereocenters. The highest BCUT2D eigenvalue weighted by molar-refractivity contribution is 7.89.